The van der Waals surface area contributed by atoms with Crippen molar-refractivity contribution in [1.29, 1.82) is 0 Å². The number of rotatable bonds is 11. The van der Waals surface area contributed by atoms with Gasteiger partial charge in [-0.05, 0) is 67.7 Å². The molecule has 0 aliphatic carbocycles. The fraction of sp³-hybridized carbons (Fsp3) is 0.440. The van der Waals surface area contributed by atoms with Crippen molar-refractivity contribution in [2.45, 2.75) is 52.5 Å². The molecule has 6 heteroatoms. The third-order valence-electron chi connectivity index (χ3n) is 4.70. The summed E-state index contributed by atoms with van der Waals surface area (Å²) in [4.78, 5) is 18.1. The van der Waals surface area contributed by atoms with E-state index >= 15 is 0 Å². The number of allylic oxidation sites excluding steroid dienone is 1. The highest BCUT2D eigenvalue weighted by molar-refractivity contribution is 7.11. The van der Waals surface area contributed by atoms with Gasteiger partial charge in [-0.1, -0.05) is 38.1 Å². The van der Waals surface area contributed by atoms with Crippen molar-refractivity contribution in [1.82, 2.24) is 5.32 Å². The molecule has 2 rings (SSSR count). The van der Waals surface area contributed by atoms with Gasteiger partial charge in [0.1, 0.15) is 11.4 Å². The largest absolute Gasteiger partial charge is 0.496 e. The predicted octanol–water partition coefficient (Wildman–Crippen LogP) is 4.78. The number of benzene rings is 1. The lowest BCUT2D eigenvalue weighted by molar-refractivity contribution is -0.119. The first-order valence-corrected chi connectivity index (χ1v) is 11.5. The monoisotopic (exact) mass is 442 g/mol. The van der Waals surface area contributed by atoms with E-state index in [0.29, 0.717) is 18.0 Å². The number of ether oxygens (including phenoxy) is 1. The summed E-state index contributed by atoms with van der Waals surface area (Å²) in [7, 11) is 1.70. The van der Waals surface area contributed by atoms with Gasteiger partial charge in [0.25, 0.3) is 5.91 Å². The van der Waals surface area contributed by atoms with Gasteiger partial charge in [0.15, 0.2) is 0 Å². The molecule has 168 valence electrons. The summed E-state index contributed by atoms with van der Waals surface area (Å²) in [6, 6.07) is 10.2. The van der Waals surface area contributed by atoms with Gasteiger partial charge in [-0.3, -0.25) is 4.79 Å². The number of aliphatic hydroxyl groups is 1. The van der Waals surface area contributed by atoms with Gasteiger partial charge in [0, 0.05) is 11.1 Å². The van der Waals surface area contributed by atoms with Crippen molar-refractivity contribution in [2.75, 3.05) is 13.7 Å². The van der Waals surface area contributed by atoms with Gasteiger partial charge in [-0.25, -0.2) is 4.99 Å². The number of aryl methyl sites for hydroxylation is 1. The number of methoxy groups -OCH3 is 1. The fourth-order valence-corrected chi connectivity index (χ4v) is 3.63. The molecule has 5 nitrogen and oxygen atoms in total. The number of hydrogen-bond donors (Lipinski definition) is 2. The molecule has 0 fully saturated rings. The second-order valence-corrected chi connectivity index (χ2v) is 9.62. The Balaban J connectivity index is 2.14. The summed E-state index contributed by atoms with van der Waals surface area (Å²) in [5.41, 5.74) is 1.99. The molecule has 0 aliphatic rings. The van der Waals surface area contributed by atoms with Gasteiger partial charge in [-0.15, -0.1) is 11.3 Å². The Hall–Kier alpha value is -2.44. The normalized spacial score (nSPS) is 12.5. The highest BCUT2D eigenvalue weighted by Crippen LogP contribution is 2.24. The molecule has 1 amide bonds. The van der Waals surface area contributed by atoms with Crippen LogP contribution in [-0.4, -0.2) is 36.5 Å². The summed E-state index contributed by atoms with van der Waals surface area (Å²) in [6.45, 7) is 7.79. The molecule has 0 radical (unpaired) electrons. The van der Waals surface area contributed by atoms with Crippen LogP contribution in [0.3, 0.4) is 0 Å². The number of carbonyl (C=O) groups excluding carboxylic acids is 1. The lowest BCUT2D eigenvalue weighted by atomic mass is 9.99. The maximum Gasteiger partial charge on any atom is 0.270 e. The Morgan fingerprint density at radius 3 is 2.71 bits per heavy atom. The zero-order chi connectivity index (χ0) is 22.9. The van der Waals surface area contributed by atoms with Gasteiger partial charge in [-0.2, -0.15) is 0 Å². The highest BCUT2D eigenvalue weighted by Gasteiger charge is 2.21. The van der Waals surface area contributed by atoms with E-state index in [1.54, 1.807) is 38.5 Å². The first kappa shape index (κ1) is 24.8. The van der Waals surface area contributed by atoms with Crippen LogP contribution in [-0.2, 0) is 17.6 Å². The van der Waals surface area contributed by atoms with E-state index in [1.807, 2.05) is 23.6 Å². The van der Waals surface area contributed by atoms with Crippen molar-refractivity contribution >= 4 is 23.5 Å². The third-order valence-corrected chi connectivity index (χ3v) is 5.51. The van der Waals surface area contributed by atoms with Crippen LogP contribution in [0.15, 0.2) is 52.5 Å². The van der Waals surface area contributed by atoms with Gasteiger partial charge in [0.2, 0.25) is 0 Å². The van der Waals surface area contributed by atoms with Crippen LogP contribution in [0.1, 0.15) is 50.1 Å². The molecule has 2 N–H and O–H groups in total. The van der Waals surface area contributed by atoms with Gasteiger partial charge >= 0.3 is 0 Å². The highest BCUT2D eigenvalue weighted by atomic mass is 32.1. The van der Waals surface area contributed by atoms with Crippen molar-refractivity contribution in [3.8, 4) is 5.75 Å². The summed E-state index contributed by atoms with van der Waals surface area (Å²) < 4.78 is 5.57. The zero-order valence-electron chi connectivity index (χ0n) is 19.1. The minimum absolute atomic E-state index is 0.150. The smallest absolute Gasteiger partial charge is 0.270 e. The standard InChI is InChI=1S/C25H34N2O3S/c1-18(2)14-20-12-11-19(15-23(20)30-5)8-6-10-22(24(29)27-25(3,4)17-28)26-16-21-9-7-13-31-21/h7,9-13,15-16,18,28H,6,8,14,17H2,1-5H3,(H,27,29)/b22-10+,26-16?. The Morgan fingerprint density at radius 1 is 1.32 bits per heavy atom. The number of aliphatic hydroxyl groups excluding tert-OH is 1. The summed E-state index contributed by atoms with van der Waals surface area (Å²) in [5.74, 6) is 1.18. The maximum atomic E-state index is 12.7. The quantitative estimate of drug-likeness (QED) is 0.389. The van der Waals surface area contributed by atoms with E-state index in [0.717, 1.165) is 29.0 Å². The first-order chi connectivity index (χ1) is 14.7. The Labute approximate surface area is 189 Å². The Bertz CT molecular complexity index is 899. The minimum atomic E-state index is -0.714. The van der Waals surface area contributed by atoms with E-state index in [1.165, 1.54) is 5.56 Å². The third kappa shape index (κ3) is 8.31. The Kier molecular flexibility index (Phi) is 9.46. The number of aliphatic imine (C=N–C) groups is 1. The van der Waals surface area contributed by atoms with Gasteiger partial charge in [0.05, 0.1) is 19.3 Å². The predicted molar refractivity (Wildman–Crippen MR) is 129 cm³/mol. The number of amides is 1. The molecular formula is C25H34N2O3S. The van der Waals surface area contributed by atoms with Crippen molar-refractivity contribution < 1.29 is 14.6 Å². The second kappa shape index (κ2) is 11.8. The lowest BCUT2D eigenvalue weighted by Crippen LogP contribution is -2.46. The number of thiophene rings is 1. The summed E-state index contributed by atoms with van der Waals surface area (Å²) in [5, 5.41) is 14.3. The Morgan fingerprint density at radius 2 is 2.10 bits per heavy atom. The molecule has 0 aliphatic heterocycles. The SMILES string of the molecule is COc1cc(CC/C=C(/N=Cc2cccs2)C(=O)NC(C)(C)CO)ccc1CC(C)C. The molecule has 0 spiro atoms. The summed E-state index contributed by atoms with van der Waals surface area (Å²) >= 11 is 1.56. The van der Waals surface area contributed by atoms with Crippen molar-refractivity contribution in [2.24, 2.45) is 10.9 Å². The van der Waals surface area contributed by atoms with E-state index in [9.17, 15) is 9.90 Å². The van der Waals surface area contributed by atoms with Crippen LogP contribution in [0.25, 0.3) is 0 Å². The number of hydrogen-bond acceptors (Lipinski definition) is 5. The number of nitrogens with zero attached hydrogens (tertiary/aromatic N) is 1. The molecule has 31 heavy (non-hydrogen) atoms. The molecule has 2 aromatic rings. The number of nitrogens with one attached hydrogen (secondary N) is 1. The molecule has 0 saturated heterocycles. The van der Waals surface area contributed by atoms with Crippen molar-refractivity contribution in [3.05, 3.63) is 63.5 Å². The van der Waals surface area contributed by atoms with Crippen LogP contribution in [0.2, 0.25) is 0 Å². The molecular weight excluding hydrogens is 408 g/mol. The van der Waals surface area contributed by atoms with E-state index < -0.39 is 5.54 Å². The molecule has 1 aromatic carbocycles. The van der Waals surface area contributed by atoms with Gasteiger partial charge < -0.3 is 15.2 Å². The van der Waals surface area contributed by atoms with Crippen LogP contribution in [0, 0.1) is 5.92 Å². The molecule has 1 aromatic heterocycles. The average molecular weight is 443 g/mol. The fourth-order valence-electron chi connectivity index (χ4n) is 3.04. The molecule has 0 saturated carbocycles. The van der Waals surface area contributed by atoms with Crippen molar-refractivity contribution in [3.63, 3.8) is 0 Å². The summed E-state index contributed by atoms with van der Waals surface area (Å²) in [6.07, 6.45) is 5.96. The minimum Gasteiger partial charge on any atom is -0.496 e. The second-order valence-electron chi connectivity index (χ2n) is 8.64. The van der Waals surface area contributed by atoms with E-state index in [2.05, 4.69) is 42.4 Å². The molecule has 0 bridgehead atoms. The van der Waals surface area contributed by atoms with Crippen LogP contribution in [0.4, 0.5) is 0 Å². The van der Waals surface area contributed by atoms with Crippen LogP contribution < -0.4 is 10.1 Å². The topological polar surface area (TPSA) is 70.9 Å². The van der Waals surface area contributed by atoms with Crippen LogP contribution >= 0.6 is 11.3 Å². The molecule has 1 heterocycles. The molecule has 0 unspecified atom stereocenters. The lowest BCUT2D eigenvalue weighted by Gasteiger charge is -2.23. The number of carbonyl (C=O) groups is 1. The first-order valence-electron chi connectivity index (χ1n) is 10.6. The van der Waals surface area contributed by atoms with E-state index in [-0.39, 0.29) is 12.5 Å². The molecule has 0 atom stereocenters. The van der Waals surface area contributed by atoms with E-state index in [4.69, 9.17) is 4.74 Å². The maximum absolute atomic E-state index is 12.7. The average Bonchev–Trinajstić information content (AvgIpc) is 3.24. The van der Waals surface area contributed by atoms with Crippen LogP contribution in [0.5, 0.6) is 5.75 Å². The zero-order valence-corrected chi connectivity index (χ0v) is 20.0.